The summed E-state index contributed by atoms with van der Waals surface area (Å²) >= 11 is 0. The summed E-state index contributed by atoms with van der Waals surface area (Å²) in [6, 6.07) is 7.62. The summed E-state index contributed by atoms with van der Waals surface area (Å²) in [4.78, 5) is 26.1. The van der Waals surface area contributed by atoms with Crippen LogP contribution in [-0.2, 0) is 11.8 Å². The molecule has 6 heteroatoms. The number of benzene rings is 1. The molecule has 0 saturated carbocycles. The van der Waals surface area contributed by atoms with Gasteiger partial charge in [0.1, 0.15) is 12.4 Å². The minimum absolute atomic E-state index is 0.221. The third kappa shape index (κ3) is 2.56. The van der Waals surface area contributed by atoms with Crippen LogP contribution in [0.1, 0.15) is 27.7 Å². The van der Waals surface area contributed by atoms with Crippen LogP contribution in [0.4, 0.5) is 0 Å². The fourth-order valence-electron chi connectivity index (χ4n) is 2.86. The molecule has 23 heavy (non-hydrogen) atoms. The lowest BCUT2D eigenvalue weighted by Crippen LogP contribution is -2.40. The number of carboxylic acid groups (broad SMARTS) is 1. The van der Waals surface area contributed by atoms with E-state index in [0.29, 0.717) is 16.9 Å². The molecule has 1 unspecified atom stereocenters. The third-order valence-corrected chi connectivity index (χ3v) is 4.22. The van der Waals surface area contributed by atoms with Crippen molar-refractivity contribution in [1.82, 2.24) is 9.47 Å². The second kappa shape index (κ2) is 5.79. The van der Waals surface area contributed by atoms with Gasteiger partial charge in [0.2, 0.25) is 0 Å². The molecule has 1 N–H and O–H groups in total. The Hall–Kier alpha value is -2.76. The van der Waals surface area contributed by atoms with Crippen molar-refractivity contribution in [3.63, 3.8) is 0 Å². The first-order valence-electron chi connectivity index (χ1n) is 7.38. The molecule has 3 rings (SSSR count). The Bertz CT molecular complexity index is 766. The Morgan fingerprint density at radius 2 is 2.00 bits per heavy atom. The Balaban J connectivity index is 2.05. The van der Waals surface area contributed by atoms with Crippen LogP contribution in [0.2, 0.25) is 0 Å². The van der Waals surface area contributed by atoms with Crippen LogP contribution in [0.5, 0.6) is 5.75 Å². The van der Waals surface area contributed by atoms with Gasteiger partial charge >= 0.3 is 5.97 Å². The number of aliphatic carboxylic acids is 1. The van der Waals surface area contributed by atoms with Crippen molar-refractivity contribution in [2.24, 2.45) is 7.05 Å². The van der Waals surface area contributed by atoms with Gasteiger partial charge in [-0.1, -0.05) is 18.2 Å². The van der Waals surface area contributed by atoms with Gasteiger partial charge in [-0.25, -0.2) is 4.79 Å². The van der Waals surface area contributed by atoms with Gasteiger partial charge in [-0.15, -0.1) is 0 Å². The summed E-state index contributed by atoms with van der Waals surface area (Å²) in [5.74, 6) is -0.847. The maximum atomic E-state index is 12.9. The number of aryl methyl sites for hydroxylation is 1. The lowest BCUT2D eigenvalue weighted by atomic mass is 10.0. The number of rotatable bonds is 2. The number of amides is 1. The lowest BCUT2D eigenvalue weighted by molar-refractivity contribution is -0.142. The summed E-state index contributed by atoms with van der Waals surface area (Å²) in [5, 5.41) is 9.70. The number of fused-ring (bicyclic) bond motifs is 1. The first-order chi connectivity index (χ1) is 11.0. The van der Waals surface area contributed by atoms with Gasteiger partial charge in [-0.3, -0.25) is 4.79 Å². The number of para-hydroxylation sites is 1. The maximum Gasteiger partial charge on any atom is 0.331 e. The smallest absolute Gasteiger partial charge is 0.331 e. The highest BCUT2D eigenvalue weighted by molar-refractivity contribution is 5.98. The van der Waals surface area contributed by atoms with Gasteiger partial charge in [0, 0.05) is 24.5 Å². The van der Waals surface area contributed by atoms with Crippen LogP contribution in [0.3, 0.4) is 0 Å². The number of carbonyl (C=O) groups excluding carboxylic acids is 1. The van der Waals surface area contributed by atoms with Crippen LogP contribution < -0.4 is 4.74 Å². The van der Waals surface area contributed by atoms with Crippen LogP contribution in [-0.4, -0.2) is 39.6 Å². The van der Waals surface area contributed by atoms with Gasteiger partial charge in [0.15, 0.2) is 6.04 Å². The second-order valence-corrected chi connectivity index (χ2v) is 5.55. The van der Waals surface area contributed by atoms with Crippen molar-refractivity contribution in [3.05, 3.63) is 53.3 Å². The summed E-state index contributed by atoms with van der Waals surface area (Å²) in [6.45, 7) is 2.32. The zero-order valence-corrected chi connectivity index (χ0v) is 13.0. The van der Waals surface area contributed by atoms with Gasteiger partial charge in [-0.05, 0) is 19.1 Å². The van der Waals surface area contributed by atoms with Crippen molar-refractivity contribution in [3.8, 4) is 5.75 Å². The summed E-state index contributed by atoms with van der Waals surface area (Å²) < 4.78 is 7.46. The number of nitrogens with zero attached hydrogens (tertiary/aromatic N) is 2. The van der Waals surface area contributed by atoms with Crippen molar-refractivity contribution in [2.45, 2.75) is 13.0 Å². The number of ether oxygens (including phenoxy) is 1. The zero-order chi connectivity index (χ0) is 16.6. The standard InChI is InChI=1S/C17H18N2O4/c1-11-12(7-8-18(11)2)16(20)19-9-10-23-14-6-4-3-5-13(14)15(19)17(21)22/h3-8,15H,9-10H2,1-2H3,(H,21,22). The monoisotopic (exact) mass is 314 g/mol. The predicted molar refractivity (Wildman–Crippen MR) is 83.5 cm³/mol. The van der Waals surface area contributed by atoms with E-state index >= 15 is 0 Å². The van der Waals surface area contributed by atoms with E-state index in [1.54, 1.807) is 36.5 Å². The van der Waals surface area contributed by atoms with Crippen LogP contribution in [0, 0.1) is 6.92 Å². The molecule has 0 aliphatic carbocycles. The van der Waals surface area contributed by atoms with Crippen LogP contribution >= 0.6 is 0 Å². The lowest BCUT2D eigenvalue weighted by Gasteiger charge is -2.27. The molecular weight excluding hydrogens is 296 g/mol. The SMILES string of the molecule is Cc1c(C(=O)N2CCOc3ccccc3C2C(=O)O)ccn1C. The van der Waals surface area contributed by atoms with E-state index in [-0.39, 0.29) is 19.1 Å². The van der Waals surface area contributed by atoms with E-state index in [1.165, 1.54) is 4.90 Å². The van der Waals surface area contributed by atoms with Gasteiger partial charge in [-0.2, -0.15) is 0 Å². The first kappa shape index (κ1) is 15.1. The molecule has 1 atom stereocenters. The summed E-state index contributed by atoms with van der Waals surface area (Å²) in [7, 11) is 1.85. The van der Waals surface area contributed by atoms with E-state index in [0.717, 1.165) is 5.69 Å². The molecule has 1 aromatic heterocycles. The highest BCUT2D eigenvalue weighted by Crippen LogP contribution is 2.33. The molecule has 0 fully saturated rings. The molecule has 0 radical (unpaired) electrons. The zero-order valence-electron chi connectivity index (χ0n) is 13.0. The first-order valence-corrected chi connectivity index (χ1v) is 7.38. The normalized spacial score (nSPS) is 17.1. The molecule has 1 aliphatic heterocycles. The minimum Gasteiger partial charge on any atom is -0.491 e. The molecule has 1 amide bonds. The molecule has 2 aromatic rings. The Morgan fingerprint density at radius 1 is 1.26 bits per heavy atom. The van der Waals surface area contributed by atoms with E-state index < -0.39 is 12.0 Å². The van der Waals surface area contributed by atoms with Gasteiger partial charge < -0.3 is 19.3 Å². The van der Waals surface area contributed by atoms with Gasteiger partial charge in [0.25, 0.3) is 5.91 Å². The van der Waals surface area contributed by atoms with Crippen molar-refractivity contribution < 1.29 is 19.4 Å². The molecule has 120 valence electrons. The van der Waals surface area contributed by atoms with Crippen LogP contribution in [0.25, 0.3) is 0 Å². The fourth-order valence-corrected chi connectivity index (χ4v) is 2.86. The molecular formula is C17H18N2O4. The Morgan fingerprint density at radius 3 is 2.65 bits per heavy atom. The number of carboxylic acids is 1. The number of carbonyl (C=O) groups is 2. The van der Waals surface area contributed by atoms with E-state index in [9.17, 15) is 14.7 Å². The summed E-state index contributed by atoms with van der Waals surface area (Å²) in [5.41, 5.74) is 1.81. The molecule has 0 bridgehead atoms. The molecule has 2 heterocycles. The van der Waals surface area contributed by atoms with Crippen molar-refractivity contribution in [2.75, 3.05) is 13.2 Å². The Labute approximate surface area is 133 Å². The molecule has 1 aromatic carbocycles. The topological polar surface area (TPSA) is 71.8 Å². The van der Waals surface area contributed by atoms with Crippen LogP contribution in [0.15, 0.2) is 36.5 Å². The van der Waals surface area contributed by atoms with E-state index in [2.05, 4.69) is 0 Å². The molecule has 6 nitrogen and oxygen atoms in total. The van der Waals surface area contributed by atoms with Crippen molar-refractivity contribution >= 4 is 11.9 Å². The molecule has 0 spiro atoms. The molecule has 1 aliphatic rings. The fraction of sp³-hybridized carbons (Fsp3) is 0.294. The maximum absolute atomic E-state index is 12.9. The highest BCUT2D eigenvalue weighted by atomic mass is 16.5. The minimum atomic E-state index is -1.06. The average Bonchev–Trinajstić information content (AvgIpc) is 2.75. The van der Waals surface area contributed by atoms with E-state index in [4.69, 9.17) is 4.74 Å². The number of hydrogen-bond acceptors (Lipinski definition) is 3. The predicted octanol–water partition coefficient (Wildman–Crippen LogP) is 1.99. The average molecular weight is 314 g/mol. The van der Waals surface area contributed by atoms with E-state index in [1.807, 2.05) is 18.5 Å². The Kier molecular flexibility index (Phi) is 3.82. The quantitative estimate of drug-likeness (QED) is 0.920. The second-order valence-electron chi connectivity index (χ2n) is 5.55. The summed E-state index contributed by atoms with van der Waals surface area (Å²) in [6.07, 6.45) is 1.79. The number of aromatic nitrogens is 1. The van der Waals surface area contributed by atoms with Gasteiger partial charge in [0.05, 0.1) is 12.1 Å². The van der Waals surface area contributed by atoms with Crippen molar-refractivity contribution in [1.29, 1.82) is 0 Å². The number of hydrogen-bond donors (Lipinski definition) is 1. The highest BCUT2D eigenvalue weighted by Gasteiger charge is 2.36. The largest absolute Gasteiger partial charge is 0.491 e. The third-order valence-electron chi connectivity index (χ3n) is 4.22. The molecule has 0 saturated heterocycles.